The highest BCUT2D eigenvalue weighted by molar-refractivity contribution is 7.92. The van der Waals surface area contributed by atoms with Gasteiger partial charge in [0, 0.05) is 10.0 Å². The lowest BCUT2D eigenvalue weighted by atomic mass is 9.91. The summed E-state index contributed by atoms with van der Waals surface area (Å²) in [6.07, 6.45) is 0. The van der Waals surface area contributed by atoms with Gasteiger partial charge in [0.25, 0.3) is 10.0 Å². The summed E-state index contributed by atoms with van der Waals surface area (Å²) < 4.78 is 27.7. The van der Waals surface area contributed by atoms with Crippen LogP contribution in [-0.4, -0.2) is 8.42 Å². The van der Waals surface area contributed by atoms with Crippen LogP contribution in [0.15, 0.2) is 71.6 Å². The molecule has 0 aliphatic rings. The second-order valence-corrected chi connectivity index (χ2v) is 8.75. The fourth-order valence-corrected chi connectivity index (χ4v) is 4.36. The molecule has 0 fully saturated rings. The molecule has 0 saturated carbocycles. The smallest absolute Gasteiger partial charge is 0.261 e. The van der Waals surface area contributed by atoms with E-state index >= 15 is 0 Å². The fourth-order valence-electron chi connectivity index (χ4n) is 2.82. The van der Waals surface area contributed by atoms with Crippen molar-refractivity contribution in [3.05, 3.63) is 93.5 Å². The van der Waals surface area contributed by atoms with Crippen LogP contribution in [0.25, 0.3) is 0 Å². The first kappa shape index (κ1) is 20.2. The molecule has 0 aromatic heterocycles. The number of hydrogen-bond donors (Lipinski definition) is 1. The molecule has 142 valence electrons. The molecule has 3 rings (SSSR count). The van der Waals surface area contributed by atoms with Gasteiger partial charge in [-0.05, 0) is 53.9 Å². The molecule has 0 aliphatic carbocycles. The standard InChI is InChI=1S/C21H16Cl2N2O2S/c1-14-11-18(19(13-24)15-7-9-16(22)10-8-15)20(23)12-21(14)25-28(26,27)17-5-3-2-4-6-17/h2-12,19,25H,1H3/t19-/m0/s1. The molecule has 0 radical (unpaired) electrons. The summed E-state index contributed by atoms with van der Waals surface area (Å²) >= 11 is 12.3. The Bertz CT molecular complexity index is 1140. The van der Waals surface area contributed by atoms with Crippen LogP contribution in [0.2, 0.25) is 10.0 Å². The number of nitrogens with zero attached hydrogens (tertiary/aromatic N) is 1. The third-order valence-corrected chi connectivity index (χ3v) is 6.25. The van der Waals surface area contributed by atoms with Crippen LogP contribution in [0.1, 0.15) is 22.6 Å². The van der Waals surface area contributed by atoms with Crippen LogP contribution in [0, 0.1) is 18.3 Å². The minimum Gasteiger partial charge on any atom is -0.279 e. The third-order valence-electron chi connectivity index (χ3n) is 4.28. The van der Waals surface area contributed by atoms with Gasteiger partial charge in [-0.15, -0.1) is 0 Å². The maximum absolute atomic E-state index is 12.6. The first-order chi connectivity index (χ1) is 13.3. The predicted octanol–water partition coefficient (Wildman–Crippen LogP) is 5.76. The summed E-state index contributed by atoms with van der Waals surface area (Å²) in [6, 6.07) is 20.6. The minimum absolute atomic E-state index is 0.158. The van der Waals surface area contributed by atoms with Crippen molar-refractivity contribution in [3.8, 4) is 6.07 Å². The molecule has 0 spiro atoms. The van der Waals surface area contributed by atoms with Crippen molar-refractivity contribution in [1.82, 2.24) is 0 Å². The molecule has 4 nitrogen and oxygen atoms in total. The Labute approximate surface area is 174 Å². The van der Waals surface area contributed by atoms with E-state index in [9.17, 15) is 13.7 Å². The number of halogens is 2. The van der Waals surface area contributed by atoms with E-state index in [2.05, 4.69) is 10.8 Å². The van der Waals surface area contributed by atoms with E-state index in [-0.39, 0.29) is 4.90 Å². The maximum atomic E-state index is 12.6. The molecule has 0 heterocycles. The van der Waals surface area contributed by atoms with E-state index in [1.165, 1.54) is 18.2 Å². The summed E-state index contributed by atoms with van der Waals surface area (Å²) in [5, 5.41) is 10.5. The molecule has 0 saturated heterocycles. The van der Waals surface area contributed by atoms with E-state index in [0.717, 1.165) is 5.56 Å². The monoisotopic (exact) mass is 430 g/mol. The van der Waals surface area contributed by atoms with E-state index in [4.69, 9.17) is 23.2 Å². The topological polar surface area (TPSA) is 70.0 Å². The molecule has 1 N–H and O–H groups in total. The predicted molar refractivity (Wildman–Crippen MR) is 112 cm³/mol. The van der Waals surface area contributed by atoms with Gasteiger partial charge >= 0.3 is 0 Å². The second kappa shape index (κ2) is 8.24. The zero-order chi connectivity index (χ0) is 20.3. The summed E-state index contributed by atoms with van der Waals surface area (Å²) in [7, 11) is -3.74. The molecule has 0 bridgehead atoms. The number of nitrogens with one attached hydrogen (secondary N) is 1. The lowest BCUT2D eigenvalue weighted by molar-refractivity contribution is 0.601. The molecule has 0 unspecified atom stereocenters. The number of sulfonamides is 1. The number of anilines is 1. The third kappa shape index (κ3) is 4.31. The number of aryl methyl sites for hydroxylation is 1. The lowest BCUT2D eigenvalue weighted by Crippen LogP contribution is -2.14. The Kier molecular flexibility index (Phi) is 5.95. The normalized spacial score (nSPS) is 12.2. The quantitative estimate of drug-likeness (QED) is 0.559. The first-order valence-electron chi connectivity index (χ1n) is 8.35. The van der Waals surface area contributed by atoms with Crippen LogP contribution >= 0.6 is 23.2 Å². The molecular weight excluding hydrogens is 415 g/mol. The van der Waals surface area contributed by atoms with Crippen molar-refractivity contribution >= 4 is 38.9 Å². The lowest BCUT2D eigenvalue weighted by Gasteiger charge is -2.16. The van der Waals surface area contributed by atoms with Crippen LogP contribution in [0.3, 0.4) is 0 Å². The average molecular weight is 431 g/mol. The summed E-state index contributed by atoms with van der Waals surface area (Å²) in [4.78, 5) is 0.158. The number of hydrogen-bond acceptors (Lipinski definition) is 3. The Balaban J connectivity index is 1.97. The fraction of sp³-hybridized carbons (Fsp3) is 0.0952. The van der Waals surface area contributed by atoms with Crippen LogP contribution in [-0.2, 0) is 10.0 Å². The van der Waals surface area contributed by atoms with Gasteiger partial charge in [-0.2, -0.15) is 5.26 Å². The molecule has 3 aromatic carbocycles. The molecule has 3 aromatic rings. The zero-order valence-corrected chi connectivity index (χ0v) is 17.2. The largest absolute Gasteiger partial charge is 0.279 e. The molecular formula is C21H16Cl2N2O2S. The molecule has 28 heavy (non-hydrogen) atoms. The molecule has 0 amide bonds. The first-order valence-corrected chi connectivity index (χ1v) is 10.6. The van der Waals surface area contributed by atoms with Gasteiger partial charge in [0.1, 0.15) is 0 Å². The van der Waals surface area contributed by atoms with Gasteiger partial charge in [0.2, 0.25) is 0 Å². The van der Waals surface area contributed by atoms with Gasteiger partial charge in [-0.25, -0.2) is 8.42 Å². The van der Waals surface area contributed by atoms with Gasteiger partial charge in [-0.1, -0.05) is 59.6 Å². The van der Waals surface area contributed by atoms with Crippen molar-refractivity contribution in [2.24, 2.45) is 0 Å². The Morgan fingerprint density at radius 3 is 2.25 bits per heavy atom. The number of rotatable bonds is 5. The van der Waals surface area contributed by atoms with Crippen LogP contribution in [0.5, 0.6) is 0 Å². The Hall–Kier alpha value is -2.52. The number of nitriles is 1. The zero-order valence-electron chi connectivity index (χ0n) is 14.9. The van der Waals surface area contributed by atoms with Crippen molar-refractivity contribution in [1.29, 1.82) is 5.26 Å². The second-order valence-electron chi connectivity index (χ2n) is 6.22. The van der Waals surface area contributed by atoms with E-state index in [1.807, 2.05) is 0 Å². The van der Waals surface area contributed by atoms with E-state index in [1.54, 1.807) is 55.5 Å². The Morgan fingerprint density at radius 1 is 1.00 bits per heavy atom. The van der Waals surface area contributed by atoms with Crippen molar-refractivity contribution in [3.63, 3.8) is 0 Å². The van der Waals surface area contributed by atoms with Crippen LogP contribution < -0.4 is 4.72 Å². The van der Waals surface area contributed by atoms with Crippen molar-refractivity contribution < 1.29 is 8.42 Å². The SMILES string of the molecule is Cc1cc([C@@H](C#N)c2ccc(Cl)cc2)c(Cl)cc1NS(=O)(=O)c1ccccc1. The summed E-state index contributed by atoms with van der Waals surface area (Å²) in [6.45, 7) is 1.76. The molecule has 0 aliphatic heterocycles. The van der Waals surface area contributed by atoms with E-state index < -0.39 is 15.9 Å². The molecule has 1 atom stereocenters. The highest BCUT2D eigenvalue weighted by Crippen LogP contribution is 2.35. The van der Waals surface area contributed by atoms with Crippen LogP contribution in [0.4, 0.5) is 5.69 Å². The van der Waals surface area contributed by atoms with Gasteiger partial charge in [-0.3, -0.25) is 4.72 Å². The van der Waals surface area contributed by atoms with Gasteiger partial charge in [0.15, 0.2) is 0 Å². The van der Waals surface area contributed by atoms with Crippen molar-refractivity contribution in [2.75, 3.05) is 4.72 Å². The average Bonchev–Trinajstić information content (AvgIpc) is 2.68. The van der Waals surface area contributed by atoms with Gasteiger partial charge < -0.3 is 0 Å². The highest BCUT2D eigenvalue weighted by atomic mass is 35.5. The summed E-state index contributed by atoms with van der Waals surface area (Å²) in [5.74, 6) is -0.594. The molecule has 7 heteroatoms. The number of benzene rings is 3. The maximum Gasteiger partial charge on any atom is 0.261 e. The minimum atomic E-state index is -3.74. The van der Waals surface area contributed by atoms with Gasteiger partial charge in [0.05, 0.1) is 22.6 Å². The summed E-state index contributed by atoms with van der Waals surface area (Å²) in [5.41, 5.74) is 2.39. The van der Waals surface area contributed by atoms with Crippen molar-refractivity contribution in [2.45, 2.75) is 17.7 Å². The Morgan fingerprint density at radius 2 is 1.64 bits per heavy atom. The highest BCUT2D eigenvalue weighted by Gasteiger charge is 2.20. The van der Waals surface area contributed by atoms with E-state index in [0.29, 0.717) is 26.9 Å².